The molecular weight excluding hydrogens is 563 g/mol. The molecule has 2 bridgehead atoms. The lowest BCUT2D eigenvalue weighted by Gasteiger charge is -2.25. The molecule has 0 saturated heterocycles. The number of pyridine rings is 2. The van der Waals surface area contributed by atoms with Crippen LogP contribution in [0.2, 0.25) is 0 Å². The molecule has 1 aliphatic heterocycles. The van der Waals surface area contributed by atoms with Crippen LogP contribution in [0, 0.1) is 5.82 Å². The number of carbonyl (C=O) groups is 2. The summed E-state index contributed by atoms with van der Waals surface area (Å²) in [6.07, 6.45) is 12.6. The Labute approximate surface area is 256 Å². The Bertz CT molecular complexity index is 1550. The van der Waals surface area contributed by atoms with Gasteiger partial charge in [-0.3, -0.25) is 19.6 Å². The number of aromatic nitrogens is 4. The first-order chi connectivity index (χ1) is 21.5. The standard InChI is InChI=1S/C33H37FN6O4/c1-43-29-9-8-26-21-30(29)44-19-5-15-38(31(41)10-7-25-6-4-11-35-22-25)13-2-3-14-40(18-17-39-16-12-37-32(26)39)33(42)27-20-28(34)24-36-23-27/h4,6,8-9,11-12,16,20-24H,2-3,5,7,10,13-15,17-19H2,1H3. The predicted octanol–water partition coefficient (Wildman–Crippen LogP) is 4.65. The minimum atomic E-state index is -0.559. The van der Waals surface area contributed by atoms with Crippen LogP contribution in [0.25, 0.3) is 11.4 Å². The number of hydrogen-bond donors (Lipinski definition) is 0. The molecule has 4 aromatic rings. The van der Waals surface area contributed by atoms with Gasteiger partial charge in [-0.2, -0.15) is 0 Å². The lowest BCUT2D eigenvalue weighted by molar-refractivity contribution is -0.131. The Balaban J connectivity index is 1.37. The fourth-order valence-corrected chi connectivity index (χ4v) is 5.29. The highest BCUT2D eigenvalue weighted by Crippen LogP contribution is 2.32. The minimum Gasteiger partial charge on any atom is -0.493 e. The number of halogens is 1. The first-order valence-corrected chi connectivity index (χ1v) is 14.9. The second-order valence-corrected chi connectivity index (χ2v) is 10.6. The summed E-state index contributed by atoms with van der Waals surface area (Å²) < 4.78 is 27.6. The molecule has 1 aliphatic rings. The molecule has 0 N–H and O–H groups in total. The van der Waals surface area contributed by atoms with E-state index >= 15 is 0 Å². The number of aryl methyl sites for hydroxylation is 1. The quantitative estimate of drug-likeness (QED) is 0.329. The third-order valence-corrected chi connectivity index (χ3v) is 7.63. The van der Waals surface area contributed by atoms with Gasteiger partial charge >= 0.3 is 0 Å². The van der Waals surface area contributed by atoms with Gasteiger partial charge in [0.15, 0.2) is 11.5 Å². The van der Waals surface area contributed by atoms with Crippen LogP contribution in [0.15, 0.2) is 73.6 Å². The van der Waals surface area contributed by atoms with Crippen LogP contribution in [0.5, 0.6) is 11.5 Å². The Hall–Kier alpha value is -4.80. The maximum Gasteiger partial charge on any atom is 0.255 e. The van der Waals surface area contributed by atoms with E-state index in [0.29, 0.717) is 82.9 Å². The number of rotatable bonds is 5. The summed E-state index contributed by atoms with van der Waals surface area (Å²) >= 11 is 0. The molecule has 10 nitrogen and oxygen atoms in total. The van der Waals surface area contributed by atoms with E-state index in [1.807, 2.05) is 46.0 Å². The van der Waals surface area contributed by atoms with Gasteiger partial charge in [0.05, 0.1) is 25.5 Å². The highest BCUT2D eigenvalue weighted by atomic mass is 19.1. The number of hydrogen-bond acceptors (Lipinski definition) is 7. The normalized spacial score (nSPS) is 14.7. The molecule has 2 amide bonds. The van der Waals surface area contributed by atoms with Crippen LogP contribution in [-0.2, 0) is 17.8 Å². The second kappa shape index (κ2) is 15.1. The zero-order chi connectivity index (χ0) is 30.7. The van der Waals surface area contributed by atoms with E-state index in [-0.39, 0.29) is 17.4 Å². The smallest absolute Gasteiger partial charge is 0.255 e. The number of amides is 2. The molecular formula is C33H37FN6O4. The maximum atomic E-state index is 13.9. The fourth-order valence-electron chi connectivity index (χ4n) is 5.29. The molecule has 4 heterocycles. The van der Waals surface area contributed by atoms with Crippen molar-refractivity contribution in [1.82, 2.24) is 29.3 Å². The largest absolute Gasteiger partial charge is 0.493 e. The van der Waals surface area contributed by atoms with Crippen molar-refractivity contribution in [2.24, 2.45) is 0 Å². The molecule has 44 heavy (non-hydrogen) atoms. The van der Waals surface area contributed by atoms with Crippen LogP contribution < -0.4 is 9.47 Å². The third-order valence-electron chi connectivity index (χ3n) is 7.63. The van der Waals surface area contributed by atoms with Gasteiger partial charge in [-0.15, -0.1) is 0 Å². The topological polar surface area (TPSA) is 103 Å². The maximum absolute atomic E-state index is 13.9. The molecule has 11 heteroatoms. The Morgan fingerprint density at radius 1 is 0.932 bits per heavy atom. The van der Waals surface area contributed by atoms with Gasteiger partial charge in [0, 0.05) is 75.7 Å². The van der Waals surface area contributed by atoms with Crippen LogP contribution in [0.3, 0.4) is 0 Å². The second-order valence-electron chi connectivity index (χ2n) is 10.6. The highest BCUT2D eigenvalue weighted by Gasteiger charge is 2.20. The van der Waals surface area contributed by atoms with E-state index in [9.17, 15) is 14.0 Å². The van der Waals surface area contributed by atoms with Crippen molar-refractivity contribution in [3.8, 4) is 22.9 Å². The average molecular weight is 601 g/mol. The van der Waals surface area contributed by atoms with E-state index in [0.717, 1.165) is 23.1 Å². The fraction of sp³-hybridized carbons (Fsp3) is 0.364. The summed E-state index contributed by atoms with van der Waals surface area (Å²) in [6.45, 7) is 2.81. The van der Waals surface area contributed by atoms with Crippen molar-refractivity contribution in [2.45, 2.75) is 38.6 Å². The van der Waals surface area contributed by atoms with Crippen molar-refractivity contribution < 1.29 is 23.5 Å². The van der Waals surface area contributed by atoms with Crippen molar-refractivity contribution in [2.75, 3.05) is 39.9 Å². The zero-order valence-corrected chi connectivity index (χ0v) is 24.9. The molecule has 0 fully saturated rings. The number of ether oxygens (including phenoxy) is 2. The first kappa shape index (κ1) is 30.7. The number of fused-ring (bicyclic) bond motifs is 4. The molecule has 3 aromatic heterocycles. The lowest BCUT2D eigenvalue weighted by atomic mass is 10.1. The molecule has 1 aromatic carbocycles. The van der Waals surface area contributed by atoms with Crippen molar-refractivity contribution in [3.05, 3.63) is 90.5 Å². The molecule has 0 aliphatic carbocycles. The van der Waals surface area contributed by atoms with Crippen LogP contribution in [0.4, 0.5) is 4.39 Å². The molecule has 0 radical (unpaired) electrons. The summed E-state index contributed by atoms with van der Waals surface area (Å²) in [7, 11) is 1.60. The Morgan fingerprint density at radius 3 is 2.57 bits per heavy atom. The molecule has 0 spiro atoms. The zero-order valence-electron chi connectivity index (χ0n) is 24.9. The average Bonchev–Trinajstić information content (AvgIpc) is 3.52. The molecule has 5 rings (SSSR count). The van der Waals surface area contributed by atoms with E-state index in [4.69, 9.17) is 9.47 Å². The monoisotopic (exact) mass is 600 g/mol. The summed E-state index contributed by atoms with van der Waals surface area (Å²) in [4.78, 5) is 43.0. The number of imidazole rings is 1. The summed E-state index contributed by atoms with van der Waals surface area (Å²) in [5.41, 5.74) is 2.06. The van der Waals surface area contributed by atoms with Gasteiger partial charge < -0.3 is 23.8 Å². The lowest BCUT2D eigenvalue weighted by Crippen LogP contribution is -2.36. The van der Waals surface area contributed by atoms with Gasteiger partial charge in [0.2, 0.25) is 5.91 Å². The Morgan fingerprint density at radius 2 is 1.77 bits per heavy atom. The predicted molar refractivity (Wildman–Crippen MR) is 163 cm³/mol. The van der Waals surface area contributed by atoms with Gasteiger partial charge in [0.25, 0.3) is 5.91 Å². The first-order valence-electron chi connectivity index (χ1n) is 14.9. The van der Waals surface area contributed by atoms with Crippen molar-refractivity contribution >= 4 is 11.8 Å². The van der Waals surface area contributed by atoms with E-state index < -0.39 is 5.82 Å². The number of carbonyl (C=O) groups excluding carboxylic acids is 2. The number of nitrogens with zero attached hydrogens (tertiary/aromatic N) is 6. The minimum absolute atomic E-state index is 0.0653. The van der Waals surface area contributed by atoms with E-state index in [1.165, 1.54) is 12.3 Å². The van der Waals surface area contributed by atoms with Gasteiger partial charge in [0.1, 0.15) is 11.6 Å². The van der Waals surface area contributed by atoms with Gasteiger partial charge in [-0.25, -0.2) is 9.37 Å². The van der Waals surface area contributed by atoms with Crippen LogP contribution in [0.1, 0.15) is 41.6 Å². The van der Waals surface area contributed by atoms with E-state index in [1.54, 1.807) is 30.6 Å². The molecule has 0 saturated carbocycles. The van der Waals surface area contributed by atoms with E-state index in [2.05, 4.69) is 15.0 Å². The molecule has 0 unspecified atom stereocenters. The van der Waals surface area contributed by atoms with Crippen LogP contribution >= 0.6 is 0 Å². The SMILES string of the molecule is COc1ccc2cc1OCCCN(C(=O)CCc1cccnc1)CCCCN(C(=O)c1cncc(F)c1)CCn1ccnc1-2. The van der Waals surface area contributed by atoms with Gasteiger partial charge in [-0.05, 0) is 61.6 Å². The van der Waals surface area contributed by atoms with Crippen LogP contribution in [-0.4, -0.2) is 81.0 Å². The van der Waals surface area contributed by atoms with Gasteiger partial charge in [-0.1, -0.05) is 6.07 Å². The summed E-state index contributed by atoms with van der Waals surface area (Å²) in [5, 5.41) is 0. The van der Waals surface area contributed by atoms with Crippen molar-refractivity contribution in [1.29, 1.82) is 0 Å². The summed E-state index contributed by atoms with van der Waals surface area (Å²) in [6, 6.07) is 10.7. The Kier molecular flexibility index (Phi) is 10.5. The summed E-state index contributed by atoms with van der Waals surface area (Å²) in [5.74, 6) is 1.14. The highest BCUT2D eigenvalue weighted by molar-refractivity contribution is 5.93. The number of methoxy groups -OCH3 is 1. The molecule has 0 atom stereocenters. The molecule has 230 valence electrons. The third kappa shape index (κ3) is 7.97. The van der Waals surface area contributed by atoms with Crippen molar-refractivity contribution in [3.63, 3.8) is 0 Å². The number of benzene rings is 1.